The monoisotopic (exact) mass is 279 g/mol. The summed E-state index contributed by atoms with van der Waals surface area (Å²) in [6.45, 7) is 0.447. The van der Waals surface area contributed by atoms with Gasteiger partial charge in [-0.05, 0) is 12.1 Å². The molecule has 0 saturated carbocycles. The van der Waals surface area contributed by atoms with Crippen molar-refractivity contribution in [3.8, 4) is 16.9 Å². The molecule has 0 aliphatic rings. The molecular formula is C13H14ClN3O2. The number of nitrogens with zero attached hydrogens (tertiary/aromatic N) is 2. The molecule has 5 nitrogen and oxygen atoms in total. The van der Waals surface area contributed by atoms with Gasteiger partial charge in [0.15, 0.2) is 0 Å². The topological polar surface area (TPSA) is 70.1 Å². The van der Waals surface area contributed by atoms with E-state index >= 15 is 0 Å². The van der Waals surface area contributed by atoms with Gasteiger partial charge in [-0.3, -0.25) is 9.48 Å². The molecule has 1 aromatic carbocycles. The highest BCUT2D eigenvalue weighted by atomic mass is 35.5. The number of primary amides is 1. The fraction of sp³-hybridized carbons (Fsp3) is 0.231. The maximum Gasteiger partial charge on any atom is 0.219 e. The number of rotatable bonds is 5. The Morgan fingerprint density at radius 3 is 3.00 bits per heavy atom. The lowest BCUT2D eigenvalue weighted by molar-refractivity contribution is -0.118. The second-order valence-corrected chi connectivity index (χ2v) is 4.43. The first-order valence-electron chi connectivity index (χ1n) is 5.75. The lowest BCUT2D eigenvalue weighted by Gasteiger charge is -2.08. The van der Waals surface area contributed by atoms with Crippen LogP contribution >= 0.6 is 11.6 Å². The minimum Gasteiger partial charge on any atom is -0.496 e. The summed E-state index contributed by atoms with van der Waals surface area (Å²) in [6, 6.07) is 5.45. The SMILES string of the molecule is COc1cccc(Cl)c1-c1cnn(CCC(N)=O)c1. The van der Waals surface area contributed by atoms with E-state index in [1.165, 1.54) is 0 Å². The van der Waals surface area contributed by atoms with Gasteiger partial charge in [0.05, 0.1) is 18.3 Å². The van der Waals surface area contributed by atoms with E-state index in [-0.39, 0.29) is 12.3 Å². The van der Waals surface area contributed by atoms with Crippen LogP contribution in [0.5, 0.6) is 5.75 Å². The molecule has 19 heavy (non-hydrogen) atoms. The van der Waals surface area contributed by atoms with E-state index in [4.69, 9.17) is 22.1 Å². The van der Waals surface area contributed by atoms with Crippen LogP contribution in [0.4, 0.5) is 0 Å². The number of methoxy groups -OCH3 is 1. The molecule has 0 aliphatic carbocycles. The first-order valence-corrected chi connectivity index (χ1v) is 6.13. The van der Waals surface area contributed by atoms with E-state index in [9.17, 15) is 4.79 Å². The van der Waals surface area contributed by atoms with Gasteiger partial charge in [-0.2, -0.15) is 5.10 Å². The Morgan fingerprint density at radius 2 is 2.32 bits per heavy atom. The van der Waals surface area contributed by atoms with Crippen molar-refractivity contribution < 1.29 is 9.53 Å². The smallest absolute Gasteiger partial charge is 0.219 e. The van der Waals surface area contributed by atoms with Crippen molar-refractivity contribution in [1.82, 2.24) is 9.78 Å². The Kier molecular flexibility index (Phi) is 4.06. The first-order chi connectivity index (χ1) is 9.11. The van der Waals surface area contributed by atoms with Gasteiger partial charge in [-0.15, -0.1) is 0 Å². The van der Waals surface area contributed by atoms with Gasteiger partial charge >= 0.3 is 0 Å². The van der Waals surface area contributed by atoms with E-state index in [1.54, 1.807) is 24.1 Å². The van der Waals surface area contributed by atoms with Crippen LogP contribution in [0.25, 0.3) is 11.1 Å². The Hall–Kier alpha value is -2.01. The van der Waals surface area contributed by atoms with Crippen LogP contribution in [0.2, 0.25) is 5.02 Å². The number of aryl methyl sites for hydroxylation is 1. The predicted molar refractivity (Wildman–Crippen MR) is 73.0 cm³/mol. The predicted octanol–water partition coefficient (Wildman–Crippen LogP) is 2.09. The number of hydrogen-bond donors (Lipinski definition) is 1. The van der Waals surface area contributed by atoms with Gasteiger partial charge in [-0.25, -0.2) is 0 Å². The lowest BCUT2D eigenvalue weighted by atomic mass is 10.1. The minimum absolute atomic E-state index is 0.251. The fourth-order valence-corrected chi connectivity index (χ4v) is 2.07. The average Bonchev–Trinajstić information content (AvgIpc) is 2.84. The van der Waals surface area contributed by atoms with Crippen LogP contribution in [0, 0.1) is 0 Å². The highest BCUT2D eigenvalue weighted by Crippen LogP contribution is 2.35. The molecule has 0 saturated heterocycles. The molecule has 0 bridgehead atoms. The van der Waals surface area contributed by atoms with Crippen LogP contribution in [0.1, 0.15) is 6.42 Å². The normalized spacial score (nSPS) is 10.4. The molecule has 2 N–H and O–H groups in total. The van der Waals surface area contributed by atoms with Crippen LogP contribution in [-0.4, -0.2) is 22.8 Å². The number of halogens is 1. The number of carbonyl (C=O) groups is 1. The summed E-state index contributed by atoms with van der Waals surface area (Å²) in [6.07, 6.45) is 3.75. The molecule has 0 atom stereocenters. The number of ether oxygens (including phenoxy) is 1. The minimum atomic E-state index is -0.354. The zero-order valence-corrected chi connectivity index (χ0v) is 11.2. The summed E-state index contributed by atoms with van der Waals surface area (Å²) in [4.78, 5) is 10.7. The molecule has 6 heteroatoms. The van der Waals surface area contributed by atoms with E-state index in [1.807, 2.05) is 18.3 Å². The van der Waals surface area contributed by atoms with E-state index in [0.717, 1.165) is 11.1 Å². The molecule has 2 rings (SSSR count). The molecule has 2 aromatic rings. The van der Waals surface area contributed by atoms with Crippen molar-refractivity contribution in [2.24, 2.45) is 5.73 Å². The van der Waals surface area contributed by atoms with Crippen molar-refractivity contribution in [3.05, 3.63) is 35.6 Å². The van der Waals surface area contributed by atoms with Gasteiger partial charge in [0, 0.05) is 30.3 Å². The molecule has 100 valence electrons. The molecular weight excluding hydrogens is 266 g/mol. The van der Waals surface area contributed by atoms with Crippen molar-refractivity contribution in [3.63, 3.8) is 0 Å². The van der Waals surface area contributed by atoms with Crippen LogP contribution < -0.4 is 10.5 Å². The van der Waals surface area contributed by atoms with Crippen molar-refractivity contribution in [2.45, 2.75) is 13.0 Å². The molecule has 1 amide bonds. The van der Waals surface area contributed by atoms with Crippen molar-refractivity contribution >= 4 is 17.5 Å². The molecule has 0 spiro atoms. The Labute approximate surface area is 115 Å². The number of amides is 1. The maximum absolute atomic E-state index is 10.7. The maximum atomic E-state index is 10.7. The molecule has 0 radical (unpaired) electrons. The first kappa shape index (κ1) is 13.4. The summed E-state index contributed by atoms with van der Waals surface area (Å²) >= 11 is 6.19. The number of benzene rings is 1. The van der Waals surface area contributed by atoms with Gasteiger partial charge in [0.25, 0.3) is 0 Å². The zero-order valence-electron chi connectivity index (χ0n) is 10.5. The van der Waals surface area contributed by atoms with Crippen LogP contribution in [0.15, 0.2) is 30.6 Å². The van der Waals surface area contributed by atoms with Gasteiger partial charge in [-0.1, -0.05) is 17.7 Å². The quantitative estimate of drug-likeness (QED) is 0.911. The molecule has 0 aliphatic heterocycles. The third-order valence-electron chi connectivity index (χ3n) is 2.70. The second kappa shape index (κ2) is 5.75. The highest BCUT2D eigenvalue weighted by Gasteiger charge is 2.12. The number of carbonyl (C=O) groups excluding carboxylic acids is 1. The fourth-order valence-electron chi connectivity index (χ4n) is 1.79. The standard InChI is InChI=1S/C13H14ClN3O2/c1-19-11-4-2-3-10(14)13(11)9-7-16-17(8-9)6-5-12(15)18/h2-4,7-8H,5-6H2,1H3,(H2,15,18). The molecule has 1 heterocycles. The van der Waals surface area contributed by atoms with Crippen molar-refractivity contribution in [1.29, 1.82) is 0 Å². The largest absolute Gasteiger partial charge is 0.496 e. The summed E-state index contributed by atoms with van der Waals surface area (Å²) in [7, 11) is 1.59. The third kappa shape index (κ3) is 3.06. The number of aromatic nitrogens is 2. The van der Waals surface area contributed by atoms with E-state index in [0.29, 0.717) is 17.3 Å². The molecule has 0 unspecified atom stereocenters. The Balaban J connectivity index is 2.30. The van der Waals surface area contributed by atoms with Gasteiger partial charge < -0.3 is 10.5 Å². The summed E-state index contributed by atoms with van der Waals surface area (Å²) in [5.41, 5.74) is 6.74. The van der Waals surface area contributed by atoms with Gasteiger partial charge in [0.1, 0.15) is 5.75 Å². The summed E-state index contributed by atoms with van der Waals surface area (Å²) < 4.78 is 6.95. The third-order valence-corrected chi connectivity index (χ3v) is 3.02. The second-order valence-electron chi connectivity index (χ2n) is 4.03. The van der Waals surface area contributed by atoms with Crippen molar-refractivity contribution in [2.75, 3.05) is 7.11 Å². The van der Waals surface area contributed by atoms with Gasteiger partial charge in [0.2, 0.25) is 5.91 Å². The van der Waals surface area contributed by atoms with Crippen LogP contribution in [0.3, 0.4) is 0 Å². The highest BCUT2D eigenvalue weighted by molar-refractivity contribution is 6.33. The average molecular weight is 280 g/mol. The summed E-state index contributed by atoms with van der Waals surface area (Å²) in [5, 5.41) is 4.77. The number of hydrogen-bond acceptors (Lipinski definition) is 3. The molecule has 1 aromatic heterocycles. The summed E-state index contributed by atoms with van der Waals surface area (Å²) in [5.74, 6) is 0.328. The Morgan fingerprint density at radius 1 is 1.53 bits per heavy atom. The lowest BCUT2D eigenvalue weighted by Crippen LogP contribution is -2.13. The zero-order chi connectivity index (χ0) is 13.8. The number of nitrogens with two attached hydrogens (primary N) is 1. The molecule has 0 fully saturated rings. The van der Waals surface area contributed by atoms with E-state index in [2.05, 4.69) is 5.10 Å². The van der Waals surface area contributed by atoms with E-state index < -0.39 is 0 Å². The Bertz CT molecular complexity index is 595. The van der Waals surface area contributed by atoms with Crippen LogP contribution in [-0.2, 0) is 11.3 Å².